The van der Waals surface area contributed by atoms with E-state index in [4.69, 9.17) is 0 Å². The van der Waals surface area contributed by atoms with Crippen molar-refractivity contribution in [1.82, 2.24) is 0 Å². The standard InChI is InChI=1S/C15H17FO/c1-11-3-2-4-12(6-5-11)15(17)13-7-9-14(16)10-8-13/h7-10,12H,1-6H2. The monoisotopic (exact) mass is 232 g/mol. The molecular formula is C15H17FO. The first-order chi connectivity index (χ1) is 8.16. The number of benzene rings is 1. The molecule has 1 aromatic carbocycles. The fourth-order valence-electron chi connectivity index (χ4n) is 2.36. The molecule has 1 saturated carbocycles. The van der Waals surface area contributed by atoms with E-state index in [2.05, 4.69) is 6.58 Å². The summed E-state index contributed by atoms with van der Waals surface area (Å²) in [5.41, 5.74) is 1.88. The Balaban J connectivity index is 2.08. The van der Waals surface area contributed by atoms with Gasteiger partial charge in [0, 0.05) is 11.5 Å². The maximum Gasteiger partial charge on any atom is 0.165 e. The van der Waals surface area contributed by atoms with Gasteiger partial charge in [-0.1, -0.05) is 12.2 Å². The van der Waals surface area contributed by atoms with Crippen LogP contribution >= 0.6 is 0 Å². The Morgan fingerprint density at radius 2 is 1.88 bits per heavy atom. The predicted molar refractivity (Wildman–Crippen MR) is 66.4 cm³/mol. The van der Waals surface area contributed by atoms with Gasteiger partial charge in [-0.05, 0) is 56.4 Å². The van der Waals surface area contributed by atoms with Crippen molar-refractivity contribution in [3.63, 3.8) is 0 Å². The summed E-state index contributed by atoms with van der Waals surface area (Å²) in [4.78, 5) is 12.2. The van der Waals surface area contributed by atoms with Gasteiger partial charge in [-0.3, -0.25) is 4.79 Å². The van der Waals surface area contributed by atoms with Gasteiger partial charge in [-0.2, -0.15) is 0 Å². The molecule has 0 spiro atoms. The first kappa shape index (κ1) is 12.0. The van der Waals surface area contributed by atoms with Crippen LogP contribution in [0.15, 0.2) is 36.4 Å². The number of hydrogen-bond donors (Lipinski definition) is 0. The summed E-state index contributed by atoms with van der Waals surface area (Å²) in [6, 6.07) is 5.86. The lowest BCUT2D eigenvalue weighted by atomic mass is 9.91. The van der Waals surface area contributed by atoms with E-state index < -0.39 is 0 Å². The fraction of sp³-hybridized carbons (Fsp3) is 0.400. The van der Waals surface area contributed by atoms with E-state index in [1.807, 2.05) is 0 Å². The Labute approximate surface area is 101 Å². The van der Waals surface area contributed by atoms with Crippen LogP contribution in [0.1, 0.15) is 42.5 Å². The number of halogens is 1. The zero-order valence-electron chi connectivity index (χ0n) is 9.92. The molecule has 90 valence electrons. The van der Waals surface area contributed by atoms with Crippen molar-refractivity contribution in [1.29, 1.82) is 0 Å². The molecule has 1 atom stereocenters. The molecule has 1 unspecified atom stereocenters. The Bertz CT molecular complexity index is 419. The van der Waals surface area contributed by atoms with Gasteiger partial charge in [0.2, 0.25) is 0 Å². The average molecular weight is 232 g/mol. The van der Waals surface area contributed by atoms with Gasteiger partial charge in [0.05, 0.1) is 0 Å². The van der Waals surface area contributed by atoms with Crippen LogP contribution < -0.4 is 0 Å². The number of carbonyl (C=O) groups is 1. The van der Waals surface area contributed by atoms with Gasteiger partial charge in [0.1, 0.15) is 5.82 Å². The van der Waals surface area contributed by atoms with E-state index in [-0.39, 0.29) is 17.5 Å². The third-order valence-electron chi connectivity index (χ3n) is 3.43. The zero-order chi connectivity index (χ0) is 12.3. The molecule has 0 aliphatic heterocycles. The van der Waals surface area contributed by atoms with Crippen LogP contribution in [0.3, 0.4) is 0 Å². The molecule has 0 N–H and O–H groups in total. The first-order valence-corrected chi connectivity index (χ1v) is 6.13. The van der Waals surface area contributed by atoms with Gasteiger partial charge < -0.3 is 0 Å². The van der Waals surface area contributed by atoms with Crippen molar-refractivity contribution in [2.24, 2.45) is 5.92 Å². The molecular weight excluding hydrogens is 215 g/mol. The summed E-state index contributed by atoms with van der Waals surface area (Å²) < 4.78 is 12.8. The van der Waals surface area contributed by atoms with Gasteiger partial charge in [0.25, 0.3) is 0 Å². The highest BCUT2D eigenvalue weighted by Gasteiger charge is 2.22. The van der Waals surface area contributed by atoms with E-state index in [1.165, 1.54) is 17.7 Å². The zero-order valence-corrected chi connectivity index (χ0v) is 9.92. The summed E-state index contributed by atoms with van der Waals surface area (Å²) >= 11 is 0. The topological polar surface area (TPSA) is 17.1 Å². The van der Waals surface area contributed by atoms with Crippen molar-refractivity contribution in [2.75, 3.05) is 0 Å². The Morgan fingerprint density at radius 3 is 2.59 bits per heavy atom. The number of ketones is 1. The molecule has 0 bridgehead atoms. The lowest BCUT2D eigenvalue weighted by Crippen LogP contribution is -2.14. The highest BCUT2D eigenvalue weighted by atomic mass is 19.1. The SMILES string of the molecule is C=C1CCCC(C(=O)c2ccc(F)cc2)CC1. The molecule has 0 radical (unpaired) electrons. The van der Waals surface area contributed by atoms with Crippen molar-refractivity contribution >= 4 is 5.78 Å². The molecule has 1 aromatic rings. The van der Waals surface area contributed by atoms with E-state index in [1.54, 1.807) is 12.1 Å². The summed E-state index contributed by atoms with van der Waals surface area (Å²) in [6.07, 6.45) is 4.82. The molecule has 1 nitrogen and oxygen atoms in total. The number of hydrogen-bond acceptors (Lipinski definition) is 1. The molecule has 0 amide bonds. The molecule has 1 fully saturated rings. The summed E-state index contributed by atoms with van der Waals surface area (Å²) in [7, 11) is 0. The van der Waals surface area contributed by atoms with Crippen molar-refractivity contribution < 1.29 is 9.18 Å². The van der Waals surface area contributed by atoms with Crippen LogP contribution in [0, 0.1) is 11.7 Å². The smallest absolute Gasteiger partial charge is 0.165 e. The highest BCUT2D eigenvalue weighted by Crippen LogP contribution is 2.28. The van der Waals surface area contributed by atoms with E-state index in [9.17, 15) is 9.18 Å². The van der Waals surface area contributed by atoms with Crippen molar-refractivity contribution in [3.8, 4) is 0 Å². The molecule has 17 heavy (non-hydrogen) atoms. The van der Waals surface area contributed by atoms with Crippen LogP contribution in [-0.2, 0) is 0 Å². The maximum absolute atomic E-state index is 12.8. The minimum atomic E-state index is -0.296. The van der Waals surface area contributed by atoms with E-state index in [0.717, 1.165) is 32.1 Å². The Morgan fingerprint density at radius 1 is 1.18 bits per heavy atom. The van der Waals surface area contributed by atoms with Crippen LogP contribution in [-0.4, -0.2) is 5.78 Å². The number of allylic oxidation sites excluding steroid dienone is 1. The van der Waals surface area contributed by atoms with Gasteiger partial charge in [-0.25, -0.2) is 4.39 Å². The predicted octanol–water partition coefficient (Wildman–Crippen LogP) is 4.14. The quantitative estimate of drug-likeness (QED) is 0.425. The lowest BCUT2D eigenvalue weighted by Gasteiger charge is -2.12. The second-order valence-electron chi connectivity index (χ2n) is 4.75. The molecule has 0 aromatic heterocycles. The molecule has 2 rings (SSSR count). The normalized spacial score (nSPS) is 21.0. The van der Waals surface area contributed by atoms with Gasteiger partial charge in [0.15, 0.2) is 5.78 Å². The largest absolute Gasteiger partial charge is 0.294 e. The first-order valence-electron chi connectivity index (χ1n) is 6.13. The molecule has 1 aliphatic rings. The third-order valence-corrected chi connectivity index (χ3v) is 3.43. The molecule has 0 heterocycles. The fourth-order valence-corrected chi connectivity index (χ4v) is 2.36. The minimum Gasteiger partial charge on any atom is -0.294 e. The average Bonchev–Trinajstić information content (AvgIpc) is 2.54. The number of carbonyl (C=O) groups excluding carboxylic acids is 1. The van der Waals surface area contributed by atoms with Crippen LogP contribution in [0.25, 0.3) is 0 Å². The molecule has 1 aliphatic carbocycles. The molecule has 0 saturated heterocycles. The minimum absolute atomic E-state index is 0.0831. The van der Waals surface area contributed by atoms with E-state index in [0.29, 0.717) is 5.56 Å². The van der Waals surface area contributed by atoms with Crippen LogP contribution in [0.4, 0.5) is 4.39 Å². The lowest BCUT2D eigenvalue weighted by molar-refractivity contribution is 0.0908. The Hall–Kier alpha value is -1.44. The van der Waals surface area contributed by atoms with E-state index >= 15 is 0 Å². The summed E-state index contributed by atoms with van der Waals surface area (Å²) in [5.74, 6) is -0.0600. The third kappa shape index (κ3) is 3.02. The highest BCUT2D eigenvalue weighted by molar-refractivity contribution is 5.97. The number of rotatable bonds is 2. The van der Waals surface area contributed by atoms with Crippen LogP contribution in [0.2, 0.25) is 0 Å². The number of Topliss-reactive ketones (excluding diaryl/α,β-unsaturated/α-hetero) is 1. The second-order valence-corrected chi connectivity index (χ2v) is 4.75. The van der Waals surface area contributed by atoms with Crippen LogP contribution in [0.5, 0.6) is 0 Å². The summed E-state index contributed by atoms with van der Waals surface area (Å²) in [6.45, 7) is 3.99. The second kappa shape index (κ2) is 5.26. The van der Waals surface area contributed by atoms with Crippen molar-refractivity contribution in [3.05, 3.63) is 47.8 Å². The Kier molecular flexibility index (Phi) is 3.72. The van der Waals surface area contributed by atoms with Gasteiger partial charge in [-0.15, -0.1) is 0 Å². The maximum atomic E-state index is 12.8. The molecule has 2 heteroatoms. The van der Waals surface area contributed by atoms with Crippen molar-refractivity contribution in [2.45, 2.75) is 32.1 Å². The summed E-state index contributed by atoms with van der Waals surface area (Å²) in [5, 5.41) is 0. The van der Waals surface area contributed by atoms with Gasteiger partial charge >= 0.3 is 0 Å².